The van der Waals surface area contributed by atoms with Gasteiger partial charge in [0.25, 0.3) is 0 Å². The predicted octanol–water partition coefficient (Wildman–Crippen LogP) is 5.16. The lowest BCUT2D eigenvalue weighted by molar-refractivity contribution is -0.133. The first-order valence-electron chi connectivity index (χ1n) is 13.0. The fourth-order valence-electron chi connectivity index (χ4n) is 8.97. The van der Waals surface area contributed by atoms with E-state index in [-0.39, 0.29) is 29.5 Å². The maximum Gasteiger partial charge on any atom is 0.157 e. The van der Waals surface area contributed by atoms with Crippen molar-refractivity contribution in [3.63, 3.8) is 0 Å². The number of hydrogen-bond acceptors (Lipinski definition) is 4. The van der Waals surface area contributed by atoms with E-state index in [1.807, 2.05) is 6.92 Å². The summed E-state index contributed by atoms with van der Waals surface area (Å²) in [6.07, 6.45) is 9.95. The van der Waals surface area contributed by atoms with Crippen molar-refractivity contribution in [3.05, 3.63) is 24.0 Å². The van der Waals surface area contributed by atoms with Crippen molar-refractivity contribution in [1.29, 1.82) is 0 Å². The van der Waals surface area contributed by atoms with Crippen LogP contribution in [0.5, 0.6) is 0 Å². The molecule has 6 rings (SSSR count). The smallest absolute Gasteiger partial charge is 0.157 e. The summed E-state index contributed by atoms with van der Waals surface area (Å²) in [6, 6.07) is 4.77. The van der Waals surface area contributed by atoms with Crippen LogP contribution in [0.2, 0.25) is 0 Å². The van der Waals surface area contributed by atoms with E-state index in [9.17, 15) is 14.3 Å². The van der Waals surface area contributed by atoms with E-state index in [0.29, 0.717) is 22.9 Å². The third-order valence-corrected chi connectivity index (χ3v) is 10.4. The number of carbonyl (C=O) groups excluding carboxylic acids is 1. The van der Waals surface area contributed by atoms with Gasteiger partial charge in [-0.1, -0.05) is 18.2 Å². The number of fused-ring (bicyclic) bond motifs is 6. The van der Waals surface area contributed by atoms with Crippen molar-refractivity contribution < 1.29 is 14.3 Å². The average molecular weight is 454 g/mol. The molecule has 0 amide bonds. The molecule has 4 aliphatic rings. The van der Waals surface area contributed by atoms with Crippen molar-refractivity contribution >= 4 is 16.8 Å². The molecule has 4 saturated carbocycles. The number of nitrogens with zero attached hydrogens (tertiary/aromatic N) is 3. The average Bonchev–Trinajstić information content (AvgIpc) is 3.34. The number of benzene rings is 1. The summed E-state index contributed by atoms with van der Waals surface area (Å²) < 4.78 is 15.9. The van der Waals surface area contributed by atoms with Crippen molar-refractivity contribution in [2.75, 3.05) is 0 Å². The van der Waals surface area contributed by atoms with Crippen LogP contribution in [0.3, 0.4) is 0 Å². The summed E-state index contributed by atoms with van der Waals surface area (Å²) in [7, 11) is 0. The molecule has 5 nitrogen and oxygen atoms in total. The molecular formula is C27H36FN3O2. The third kappa shape index (κ3) is 3.38. The molecule has 4 aliphatic carbocycles. The van der Waals surface area contributed by atoms with Crippen LogP contribution in [-0.4, -0.2) is 31.5 Å². The zero-order valence-electron chi connectivity index (χ0n) is 19.8. The van der Waals surface area contributed by atoms with E-state index in [0.717, 1.165) is 56.3 Å². The highest BCUT2D eigenvalue weighted by Crippen LogP contribution is 2.64. The first-order chi connectivity index (χ1) is 15.8. The molecule has 178 valence electrons. The summed E-state index contributed by atoms with van der Waals surface area (Å²) >= 11 is 0. The lowest BCUT2D eigenvalue weighted by atomic mass is 9.49. The van der Waals surface area contributed by atoms with Gasteiger partial charge in [-0.3, -0.25) is 4.79 Å². The SMILES string of the molecule is C[C@@]1(O)CC[C@H]2[C@H](CC[C@@H]3[C@@H]2CC[C@]2(C)[C@@H](C(=O)Cn4nnc5cccc(F)c54)CC[C@@H]32)C1. The van der Waals surface area contributed by atoms with Gasteiger partial charge < -0.3 is 5.11 Å². The molecule has 2 aromatic rings. The Kier molecular flexibility index (Phi) is 4.99. The van der Waals surface area contributed by atoms with Crippen LogP contribution in [0, 0.1) is 46.7 Å². The molecule has 1 aromatic carbocycles. The largest absolute Gasteiger partial charge is 0.390 e. The maximum absolute atomic E-state index is 14.4. The zero-order valence-corrected chi connectivity index (χ0v) is 19.8. The first kappa shape index (κ1) is 21.7. The lowest BCUT2D eigenvalue weighted by Gasteiger charge is -2.56. The molecule has 6 heteroatoms. The minimum Gasteiger partial charge on any atom is -0.390 e. The highest BCUT2D eigenvalue weighted by Gasteiger charge is 2.58. The zero-order chi connectivity index (χ0) is 23.0. The number of carbonyl (C=O) groups is 1. The van der Waals surface area contributed by atoms with Crippen LogP contribution in [0.1, 0.15) is 71.6 Å². The molecule has 0 spiro atoms. The minimum atomic E-state index is -0.479. The van der Waals surface area contributed by atoms with Crippen LogP contribution in [-0.2, 0) is 11.3 Å². The molecule has 0 bridgehead atoms. The lowest BCUT2D eigenvalue weighted by Crippen LogP contribution is -2.51. The molecule has 1 N–H and O–H groups in total. The van der Waals surface area contributed by atoms with Gasteiger partial charge in [0.1, 0.15) is 17.6 Å². The topological polar surface area (TPSA) is 68.0 Å². The molecule has 0 radical (unpaired) electrons. The second kappa shape index (κ2) is 7.59. The Labute approximate surface area is 195 Å². The summed E-state index contributed by atoms with van der Waals surface area (Å²) in [4.78, 5) is 13.5. The van der Waals surface area contributed by atoms with Crippen molar-refractivity contribution in [1.82, 2.24) is 15.0 Å². The molecule has 1 aromatic heterocycles. The highest BCUT2D eigenvalue weighted by molar-refractivity contribution is 5.84. The summed E-state index contributed by atoms with van der Waals surface area (Å²) in [6.45, 7) is 4.49. The first-order valence-corrected chi connectivity index (χ1v) is 13.0. The van der Waals surface area contributed by atoms with E-state index >= 15 is 0 Å². The number of aliphatic hydroxyl groups is 1. The predicted molar refractivity (Wildman–Crippen MR) is 124 cm³/mol. The molecule has 8 atom stereocenters. The fourth-order valence-corrected chi connectivity index (χ4v) is 8.97. The van der Waals surface area contributed by atoms with Gasteiger partial charge in [0, 0.05) is 5.92 Å². The quantitative estimate of drug-likeness (QED) is 0.697. The number of para-hydroxylation sites is 1. The van der Waals surface area contributed by atoms with Gasteiger partial charge in [0.05, 0.1) is 5.60 Å². The Morgan fingerprint density at radius 2 is 1.91 bits per heavy atom. The van der Waals surface area contributed by atoms with E-state index in [4.69, 9.17) is 0 Å². The number of aromatic nitrogens is 3. The molecule has 4 fully saturated rings. The normalized spacial score (nSPS) is 42.5. The molecule has 0 unspecified atom stereocenters. The molecule has 33 heavy (non-hydrogen) atoms. The van der Waals surface area contributed by atoms with Gasteiger partial charge in [-0.05, 0) is 112 Å². The van der Waals surface area contributed by atoms with E-state index in [1.165, 1.54) is 30.0 Å². The van der Waals surface area contributed by atoms with Gasteiger partial charge in [-0.15, -0.1) is 5.10 Å². The Morgan fingerprint density at radius 3 is 2.76 bits per heavy atom. The van der Waals surface area contributed by atoms with E-state index in [1.54, 1.807) is 12.1 Å². The van der Waals surface area contributed by atoms with Gasteiger partial charge in [-0.2, -0.15) is 0 Å². The Balaban J connectivity index is 1.21. The Morgan fingerprint density at radius 1 is 1.09 bits per heavy atom. The van der Waals surface area contributed by atoms with Crippen LogP contribution >= 0.6 is 0 Å². The van der Waals surface area contributed by atoms with Gasteiger partial charge in [0.2, 0.25) is 0 Å². The fraction of sp³-hybridized carbons (Fsp3) is 0.741. The van der Waals surface area contributed by atoms with Crippen LogP contribution < -0.4 is 0 Å². The monoisotopic (exact) mass is 453 g/mol. The third-order valence-electron chi connectivity index (χ3n) is 10.4. The second-order valence-corrected chi connectivity index (χ2v) is 12.2. The standard InChI is InChI=1S/C27H36FN3O2/c1-26(33)12-10-17-16(14-26)6-7-19-18(17)11-13-27(2)20(19)8-9-21(27)24(32)15-31-25-22(28)4-3-5-23(25)29-30-31/h3-5,16-21,33H,6-15H2,1-2H3/t16-,17+,18-,19-,20+,21-,26-,27+/m1/s1. The maximum atomic E-state index is 14.4. The van der Waals surface area contributed by atoms with Gasteiger partial charge >= 0.3 is 0 Å². The van der Waals surface area contributed by atoms with E-state index < -0.39 is 5.60 Å². The van der Waals surface area contributed by atoms with E-state index in [2.05, 4.69) is 17.2 Å². The number of rotatable bonds is 3. The molecule has 1 heterocycles. The Bertz CT molecular complexity index is 1080. The minimum absolute atomic E-state index is 0.0271. The van der Waals surface area contributed by atoms with Crippen LogP contribution in [0.4, 0.5) is 4.39 Å². The Hall–Kier alpha value is -1.82. The second-order valence-electron chi connectivity index (χ2n) is 12.2. The summed E-state index contributed by atoms with van der Waals surface area (Å²) in [5, 5.41) is 18.8. The number of ketones is 1. The van der Waals surface area contributed by atoms with Crippen molar-refractivity contribution in [3.8, 4) is 0 Å². The van der Waals surface area contributed by atoms with Crippen LogP contribution in [0.25, 0.3) is 11.0 Å². The van der Waals surface area contributed by atoms with Crippen molar-refractivity contribution in [2.24, 2.45) is 40.9 Å². The number of halogens is 1. The van der Waals surface area contributed by atoms with Gasteiger partial charge in [-0.25, -0.2) is 9.07 Å². The number of hydrogen-bond donors (Lipinski definition) is 1. The summed E-state index contributed by atoms with van der Waals surface area (Å²) in [5.74, 6) is 3.37. The summed E-state index contributed by atoms with van der Waals surface area (Å²) in [5.41, 5.74) is 0.399. The molecule has 0 aliphatic heterocycles. The van der Waals surface area contributed by atoms with Gasteiger partial charge in [0.15, 0.2) is 11.6 Å². The van der Waals surface area contributed by atoms with Crippen LogP contribution in [0.15, 0.2) is 18.2 Å². The molecular weight excluding hydrogens is 417 g/mol. The van der Waals surface area contributed by atoms with Crippen molar-refractivity contribution in [2.45, 2.75) is 83.8 Å². The highest BCUT2D eigenvalue weighted by atomic mass is 19.1. The number of Topliss-reactive ketones (excluding diaryl/α,β-unsaturated/α-hetero) is 1. The molecule has 0 saturated heterocycles.